The van der Waals surface area contributed by atoms with E-state index in [-0.39, 0.29) is 6.15 Å². The molecule has 0 aromatic rings. The fourth-order valence-electron chi connectivity index (χ4n) is 0. The van der Waals surface area contributed by atoms with Crippen molar-refractivity contribution in [2.45, 2.75) is 0 Å². The van der Waals surface area contributed by atoms with Crippen molar-refractivity contribution in [3.63, 3.8) is 0 Å². The number of rotatable bonds is 0. The summed E-state index contributed by atoms with van der Waals surface area (Å²) in [5.74, 6) is 0. The number of hydrogen-bond acceptors (Lipinski definition) is 1. The average Bonchev–Trinajstić information content (AvgIpc) is 0.722. The van der Waals surface area contributed by atoms with Crippen LogP contribution in [0.4, 0.5) is 0 Å². The van der Waals surface area contributed by atoms with Gasteiger partial charge in [-0.1, -0.05) is 0 Å². The molecule has 0 amide bonds. The van der Waals surface area contributed by atoms with Gasteiger partial charge in [0.05, 0.1) is 0 Å². The SMILES string of the molecule is N.[I][Ti]([I])([I])[I]. The minimum absolute atomic E-state index is 0. The Morgan fingerprint density at radius 1 is 0.833 bits per heavy atom. The Labute approximate surface area is 81.8 Å². The van der Waals surface area contributed by atoms with Crippen LogP contribution in [0.1, 0.15) is 0 Å². The van der Waals surface area contributed by atoms with E-state index in [4.69, 9.17) is 0 Å². The maximum atomic E-state index is 2.53. The van der Waals surface area contributed by atoms with Gasteiger partial charge in [0.2, 0.25) is 0 Å². The molecule has 0 saturated carbocycles. The Balaban J connectivity index is 0. The first-order valence-electron chi connectivity index (χ1n) is 0.756. The molecule has 0 aromatic carbocycles. The van der Waals surface area contributed by atoms with Crippen molar-refractivity contribution in [2.24, 2.45) is 0 Å². The van der Waals surface area contributed by atoms with Gasteiger partial charge in [-0.25, -0.2) is 0 Å². The summed E-state index contributed by atoms with van der Waals surface area (Å²) < 4.78 is -1.12. The third-order valence-corrected chi connectivity index (χ3v) is 0. The molecule has 0 heterocycles. The third-order valence-electron chi connectivity index (χ3n) is 0. The Bertz CT molecular complexity index is 23.0. The molecule has 0 radical (unpaired) electrons. The van der Waals surface area contributed by atoms with Gasteiger partial charge in [-0.3, -0.25) is 0 Å². The Morgan fingerprint density at radius 2 is 0.833 bits per heavy atom. The zero-order valence-electron chi connectivity index (χ0n) is 2.72. The van der Waals surface area contributed by atoms with Crippen molar-refractivity contribution in [1.29, 1.82) is 0 Å². The summed E-state index contributed by atoms with van der Waals surface area (Å²) in [6, 6.07) is 0. The van der Waals surface area contributed by atoms with Crippen LogP contribution in [0.25, 0.3) is 0 Å². The van der Waals surface area contributed by atoms with E-state index < -0.39 is 1.60 Å². The van der Waals surface area contributed by atoms with Crippen LogP contribution in [0.5, 0.6) is 0 Å². The predicted octanol–water partition coefficient (Wildman–Crippen LogP) is 3.70. The Hall–Kier alpha value is 3.59. The first-order valence-corrected chi connectivity index (χ1v) is 20.9. The van der Waals surface area contributed by atoms with Gasteiger partial charge in [-0.05, 0) is 0 Å². The summed E-state index contributed by atoms with van der Waals surface area (Å²) >= 11 is 10.1. The molecular weight excluding hydrogens is 569 g/mol. The van der Waals surface area contributed by atoms with E-state index in [1.54, 1.807) is 0 Å². The monoisotopic (exact) mass is 573 g/mol. The normalized spacial score (nSPS) is 10.0. The maximum absolute atomic E-state index is 2.53. The standard InChI is InChI=1S/4HI.H3N.Ti/h4*1H;1H3;/q;;;;;+4/p-4. The van der Waals surface area contributed by atoms with Crippen molar-refractivity contribution in [1.82, 2.24) is 6.15 Å². The van der Waals surface area contributed by atoms with Crippen molar-refractivity contribution >= 4 is 76.8 Å². The summed E-state index contributed by atoms with van der Waals surface area (Å²) in [5.41, 5.74) is 0. The van der Waals surface area contributed by atoms with Crippen molar-refractivity contribution in [3.8, 4) is 0 Å². The fourth-order valence-corrected chi connectivity index (χ4v) is 0. The van der Waals surface area contributed by atoms with Crippen LogP contribution in [-0.2, 0) is 1.60 Å². The van der Waals surface area contributed by atoms with Crippen LogP contribution >= 0.6 is 76.8 Å². The molecule has 0 spiro atoms. The summed E-state index contributed by atoms with van der Waals surface area (Å²) in [5, 5.41) is 0. The van der Waals surface area contributed by atoms with Crippen molar-refractivity contribution < 1.29 is 1.60 Å². The van der Waals surface area contributed by atoms with Crippen LogP contribution in [0.15, 0.2) is 0 Å². The van der Waals surface area contributed by atoms with E-state index in [1.807, 2.05) is 0 Å². The molecule has 0 fully saturated rings. The summed E-state index contributed by atoms with van der Waals surface area (Å²) in [6.45, 7) is 0. The van der Waals surface area contributed by atoms with E-state index in [2.05, 4.69) is 76.8 Å². The van der Waals surface area contributed by atoms with Crippen LogP contribution in [-0.4, -0.2) is 0 Å². The molecule has 0 aromatic heterocycles. The van der Waals surface area contributed by atoms with Crippen LogP contribution in [0.2, 0.25) is 0 Å². The zero-order chi connectivity index (χ0) is 4.50. The van der Waals surface area contributed by atoms with E-state index >= 15 is 0 Å². The van der Waals surface area contributed by atoms with Gasteiger partial charge < -0.3 is 6.15 Å². The molecule has 40 valence electrons. The van der Waals surface area contributed by atoms with Crippen LogP contribution in [0, 0.1) is 0 Å². The summed E-state index contributed by atoms with van der Waals surface area (Å²) in [7, 11) is 0. The molecule has 0 aliphatic heterocycles. The molecule has 3 N–H and O–H groups in total. The van der Waals surface area contributed by atoms with Gasteiger partial charge in [0.15, 0.2) is 0 Å². The van der Waals surface area contributed by atoms with Gasteiger partial charge in [-0.2, -0.15) is 0 Å². The molecule has 0 aliphatic carbocycles. The zero-order valence-corrected chi connectivity index (χ0v) is 12.9. The van der Waals surface area contributed by atoms with E-state index in [0.29, 0.717) is 0 Å². The quantitative estimate of drug-likeness (QED) is 0.349. The molecular formula is H3I4NTi. The molecule has 0 bridgehead atoms. The van der Waals surface area contributed by atoms with E-state index in [0.717, 1.165) is 0 Å². The molecule has 1 nitrogen and oxygen atoms in total. The topological polar surface area (TPSA) is 35.0 Å². The molecule has 0 atom stereocenters. The molecule has 0 saturated heterocycles. The molecule has 6 heavy (non-hydrogen) atoms. The van der Waals surface area contributed by atoms with Crippen LogP contribution in [0.3, 0.4) is 0 Å². The van der Waals surface area contributed by atoms with Gasteiger partial charge in [0, 0.05) is 0 Å². The Morgan fingerprint density at radius 3 is 0.833 bits per heavy atom. The summed E-state index contributed by atoms with van der Waals surface area (Å²) in [4.78, 5) is 0. The third kappa shape index (κ3) is 25.6. The second kappa shape index (κ2) is 5.38. The number of hydrogen-bond donors (Lipinski definition) is 1. The molecule has 0 unspecified atom stereocenters. The molecule has 6 heteroatoms. The van der Waals surface area contributed by atoms with E-state index in [1.165, 1.54) is 0 Å². The second-order valence-corrected chi connectivity index (χ2v) is 79.5. The number of halogens is 4. The van der Waals surface area contributed by atoms with Crippen molar-refractivity contribution in [3.05, 3.63) is 0 Å². The van der Waals surface area contributed by atoms with Crippen molar-refractivity contribution in [2.75, 3.05) is 0 Å². The molecule has 0 aliphatic rings. The average molecular weight is 573 g/mol. The first kappa shape index (κ1) is 12.3. The van der Waals surface area contributed by atoms with E-state index in [9.17, 15) is 0 Å². The Kier molecular flexibility index (Phi) is 11.0. The van der Waals surface area contributed by atoms with Gasteiger partial charge >= 0.3 is 78.4 Å². The van der Waals surface area contributed by atoms with Gasteiger partial charge in [0.25, 0.3) is 0 Å². The fraction of sp³-hybridized carbons (Fsp3) is 0. The van der Waals surface area contributed by atoms with Gasteiger partial charge in [-0.15, -0.1) is 0 Å². The second-order valence-electron chi connectivity index (χ2n) is 0.429. The molecule has 0 rings (SSSR count). The first-order chi connectivity index (χ1) is 2.00. The predicted molar refractivity (Wildman–Crippen MR) is 61.1 cm³/mol. The van der Waals surface area contributed by atoms with Crippen LogP contribution < -0.4 is 6.15 Å². The minimum atomic E-state index is -1.12. The summed E-state index contributed by atoms with van der Waals surface area (Å²) in [6.07, 6.45) is 0. The van der Waals surface area contributed by atoms with Gasteiger partial charge in [0.1, 0.15) is 0 Å².